The van der Waals surface area contributed by atoms with Crippen molar-refractivity contribution in [2.45, 2.75) is 18.6 Å². The van der Waals surface area contributed by atoms with Gasteiger partial charge in [0.2, 0.25) is 0 Å². The first-order chi connectivity index (χ1) is 10.3. The summed E-state index contributed by atoms with van der Waals surface area (Å²) in [4.78, 5) is 4.73. The van der Waals surface area contributed by atoms with Crippen LogP contribution >= 0.6 is 11.8 Å². The van der Waals surface area contributed by atoms with Crippen LogP contribution in [0.1, 0.15) is 12.5 Å². The van der Waals surface area contributed by atoms with E-state index in [-0.39, 0.29) is 0 Å². The Kier molecular flexibility index (Phi) is 4.15. The van der Waals surface area contributed by atoms with Crippen molar-refractivity contribution in [3.05, 3.63) is 54.1 Å². The van der Waals surface area contributed by atoms with Crippen molar-refractivity contribution in [2.24, 2.45) is 0 Å². The highest BCUT2D eigenvalue weighted by Crippen LogP contribution is 2.25. The van der Waals surface area contributed by atoms with E-state index in [0.717, 1.165) is 28.7 Å². The number of hydrogen-bond donors (Lipinski definition) is 0. The summed E-state index contributed by atoms with van der Waals surface area (Å²) in [5, 5.41) is 1.08. The van der Waals surface area contributed by atoms with Crippen LogP contribution in [-0.4, -0.2) is 22.4 Å². The summed E-state index contributed by atoms with van der Waals surface area (Å²) >= 11 is 1.78. The molecule has 0 N–H and O–H groups in total. The van der Waals surface area contributed by atoms with Crippen LogP contribution in [0.4, 0.5) is 0 Å². The molecule has 3 aromatic rings. The van der Waals surface area contributed by atoms with E-state index in [0.29, 0.717) is 0 Å². The first-order valence-corrected chi connectivity index (χ1v) is 8.01. The maximum atomic E-state index is 5.21. The molecule has 0 aliphatic rings. The summed E-state index contributed by atoms with van der Waals surface area (Å²) in [6.07, 6.45) is 0. The largest absolute Gasteiger partial charge is 0.497 e. The van der Waals surface area contributed by atoms with Gasteiger partial charge in [0.15, 0.2) is 5.16 Å². The van der Waals surface area contributed by atoms with Crippen LogP contribution in [0.25, 0.3) is 11.0 Å². The van der Waals surface area contributed by atoms with E-state index < -0.39 is 0 Å². The average molecular weight is 298 g/mol. The molecule has 0 radical (unpaired) electrons. The number of hydrogen-bond acceptors (Lipinski definition) is 3. The molecular weight excluding hydrogens is 280 g/mol. The second-order valence-corrected chi connectivity index (χ2v) is 5.98. The fraction of sp³-hybridized carbons (Fsp3) is 0.235. The number of fused-ring (bicyclic) bond motifs is 1. The summed E-state index contributed by atoms with van der Waals surface area (Å²) in [5.74, 6) is 1.91. The fourth-order valence-corrected chi connectivity index (χ4v) is 3.10. The van der Waals surface area contributed by atoms with E-state index in [1.54, 1.807) is 18.9 Å². The third kappa shape index (κ3) is 2.90. The molecule has 1 aromatic heterocycles. The highest BCUT2D eigenvalue weighted by atomic mass is 32.2. The van der Waals surface area contributed by atoms with Gasteiger partial charge in [-0.25, -0.2) is 4.98 Å². The molecule has 2 aromatic carbocycles. The third-order valence-electron chi connectivity index (χ3n) is 3.39. The van der Waals surface area contributed by atoms with Gasteiger partial charge in [0, 0.05) is 0 Å². The first-order valence-electron chi connectivity index (χ1n) is 7.03. The van der Waals surface area contributed by atoms with Crippen LogP contribution in [-0.2, 0) is 6.54 Å². The van der Waals surface area contributed by atoms with Crippen LogP contribution in [0, 0.1) is 0 Å². The molecule has 0 unspecified atom stereocenters. The van der Waals surface area contributed by atoms with Crippen molar-refractivity contribution < 1.29 is 4.74 Å². The highest BCUT2D eigenvalue weighted by molar-refractivity contribution is 7.99. The number of benzene rings is 2. The number of thioether (sulfide) groups is 1. The van der Waals surface area contributed by atoms with Crippen molar-refractivity contribution in [1.82, 2.24) is 9.55 Å². The molecule has 0 spiro atoms. The van der Waals surface area contributed by atoms with Gasteiger partial charge in [-0.05, 0) is 35.6 Å². The van der Waals surface area contributed by atoms with Crippen molar-refractivity contribution in [3.63, 3.8) is 0 Å². The van der Waals surface area contributed by atoms with Crippen LogP contribution in [0.3, 0.4) is 0 Å². The van der Waals surface area contributed by atoms with E-state index in [4.69, 9.17) is 9.72 Å². The van der Waals surface area contributed by atoms with Gasteiger partial charge >= 0.3 is 0 Å². The summed E-state index contributed by atoms with van der Waals surface area (Å²) in [5.41, 5.74) is 3.49. The molecule has 0 atom stereocenters. The van der Waals surface area contributed by atoms with Gasteiger partial charge < -0.3 is 9.30 Å². The lowest BCUT2D eigenvalue weighted by Gasteiger charge is -2.09. The molecule has 0 amide bonds. The topological polar surface area (TPSA) is 27.1 Å². The van der Waals surface area contributed by atoms with E-state index in [1.165, 1.54) is 11.1 Å². The van der Waals surface area contributed by atoms with Crippen molar-refractivity contribution in [3.8, 4) is 5.75 Å². The molecule has 0 bridgehead atoms. The number of imidazole rings is 1. The van der Waals surface area contributed by atoms with E-state index in [2.05, 4.69) is 41.8 Å². The summed E-state index contributed by atoms with van der Waals surface area (Å²) in [6.45, 7) is 2.98. The van der Waals surface area contributed by atoms with Gasteiger partial charge in [-0.15, -0.1) is 0 Å². The van der Waals surface area contributed by atoms with Crippen molar-refractivity contribution in [2.75, 3.05) is 12.9 Å². The number of methoxy groups -OCH3 is 1. The smallest absolute Gasteiger partial charge is 0.169 e. The summed E-state index contributed by atoms with van der Waals surface area (Å²) in [7, 11) is 1.69. The maximum Gasteiger partial charge on any atom is 0.169 e. The van der Waals surface area contributed by atoms with Gasteiger partial charge in [0.05, 0.1) is 24.7 Å². The van der Waals surface area contributed by atoms with E-state index in [9.17, 15) is 0 Å². The number of nitrogens with zero attached hydrogens (tertiary/aromatic N) is 2. The summed E-state index contributed by atoms with van der Waals surface area (Å²) < 4.78 is 7.50. The molecule has 108 valence electrons. The Bertz CT molecular complexity index is 734. The minimum absolute atomic E-state index is 0.826. The lowest BCUT2D eigenvalue weighted by Crippen LogP contribution is -2.01. The Balaban J connectivity index is 1.99. The Labute approximate surface area is 129 Å². The van der Waals surface area contributed by atoms with Gasteiger partial charge in [-0.2, -0.15) is 0 Å². The SMILES string of the molecule is CCSc1nc2ccccc2n1Cc1ccc(OC)cc1. The second kappa shape index (κ2) is 6.22. The Morgan fingerprint density at radius 3 is 2.57 bits per heavy atom. The predicted octanol–water partition coefficient (Wildman–Crippen LogP) is 4.21. The molecule has 1 heterocycles. The van der Waals surface area contributed by atoms with Crippen LogP contribution < -0.4 is 4.74 Å². The molecular formula is C17H18N2OS. The molecule has 0 saturated heterocycles. The van der Waals surface area contributed by atoms with Crippen molar-refractivity contribution in [1.29, 1.82) is 0 Å². The number of para-hydroxylation sites is 2. The van der Waals surface area contributed by atoms with Crippen molar-refractivity contribution >= 4 is 22.8 Å². The second-order valence-electron chi connectivity index (χ2n) is 4.75. The monoisotopic (exact) mass is 298 g/mol. The van der Waals surface area contributed by atoms with E-state index >= 15 is 0 Å². The normalized spacial score (nSPS) is 11.0. The quantitative estimate of drug-likeness (QED) is 0.660. The van der Waals surface area contributed by atoms with Gasteiger partial charge in [0.25, 0.3) is 0 Å². The summed E-state index contributed by atoms with van der Waals surface area (Å²) in [6, 6.07) is 16.5. The zero-order chi connectivity index (χ0) is 14.7. The molecule has 3 nitrogen and oxygen atoms in total. The molecule has 0 aliphatic heterocycles. The number of rotatable bonds is 5. The molecule has 21 heavy (non-hydrogen) atoms. The molecule has 0 fully saturated rings. The van der Waals surface area contributed by atoms with Gasteiger partial charge in [-0.1, -0.05) is 43.0 Å². The number of ether oxygens (including phenoxy) is 1. The van der Waals surface area contributed by atoms with E-state index in [1.807, 2.05) is 18.2 Å². The molecule has 4 heteroatoms. The van der Waals surface area contributed by atoms with Gasteiger partial charge in [0.1, 0.15) is 5.75 Å². The molecule has 3 rings (SSSR count). The first kappa shape index (κ1) is 14.0. The minimum atomic E-state index is 0.826. The minimum Gasteiger partial charge on any atom is -0.497 e. The standard InChI is InChI=1S/C17H18N2OS/c1-3-21-17-18-15-6-4-5-7-16(15)19(17)12-13-8-10-14(20-2)11-9-13/h4-11H,3,12H2,1-2H3. The average Bonchev–Trinajstić information content (AvgIpc) is 2.86. The van der Waals surface area contributed by atoms with Crippen LogP contribution in [0.5, 0.6) is 5.75 Å². The Hall–Kier alpha value is -1.94. The van der Waals surface area contributed by atoms with Gasteiger partial charge in [-0.3, -0.25) is 0 Å². The fourth-order valence-electron chi connectivity index (χ4n) is 2.36. The molecule has 0 saturated carbocycles. The maximum absolute atomic E-state index is 5.21. The third-order valence-corrected chi connectivity index (χ3v) is 4.25. The van der Waals surface area contributed by atoms with Crippen LogP contribution in [0.15, 0.2) is 53.7 Å². The lowest BCUT2D eigenvalue weighted by molar-refractivity contribution is 0.414. The highest BCUT2D eigenvalue weighted by Gasteiger charge is 2.10. The lowest BCUT2D eigenvalue weighted by atomic mass is 10.2. The Morgan fingerprint density at radius 2 is 1.86 bits per heavy atom. The number of aromatic nitrogens is 2. The zero-order valence-electron chi connectivity index (χ0n) is 12.2. The Morgan fingerprint density at radius 1 is 1.10 bits per heavy atom. The molecule has 0 aliphatic carbocycles. The zero-order valence-corrected chi connectivity index (χ0v) is 13.1. The van der Waals surface area contributed by atoms with Crippen LogP contribution in [0.2, 0.25) is 0 Å². The predicted molar refractivity (Wildman–Crippen MR) is 88.2 cm³/mol.